The number of benzene rings is 2. The van der Waals surface area contributed by atoms with Gasteiger partial charge in [-0.1, -0.05) is 227 Å². The van der Waals surface area contributed by atoms with Crippen LogP contribution in [0.25, 0.3) is 16.9 Å². The van der Waals surface area contributed by atoms with Crippen LogP contribution in [0.5, 0.6) is 0 Å². The van der Waals surface area contributed by atoms with Gasteiger partial charge in [-0.15, -0.1) is 0 Å². The fourth-order valence-corrected chi connectivity index (χ4v) is 15.0. The minimum absolute atomic E-state index is 1.01. The van der Waals surface area contributed by atoms with Gasteiger partial charge in [0.05, 0.1) is 0 Å². The molecule has 1 aliphatic rings. The molecule has 88 heavy (non-hydrogen) atoms. The fourth-order valence-electron chi connectivity index (χ4n) is 13.7. The Morgan fingerprint density at radius 2 is 0.420 bits per heavy atom. The number of unbranched alkanes of at least 4 members (excludes halogenated alkanes) is 51. The number of allylic oxidation sites excluding steroid dienone is 2. The zero-order chi connectivity index (χ0) is 63.8. The summed E-state index contributed by atoms with van der Waals surface area (Å²) in [6.07, 6.45) is 81.5. The molecule has 2 nitrogen and oxygen atoms in total. The molecule has 2 aromatic carbocycles. The van der Waals surface area contributed by atoms with Gasteiger partial charge >= 0.3 is 166 Å². The molecule has 0 aromatic heterocycles. The molecule has 2 aromatic rings. The van der Waals surface area contributed by atoms with Crippen molar-refractivity contribution in [1.29, 1.82) is 0 Å². The van der Waals surface area contributed by atoms with E-state index >= 15 is 0 Å². The predicted octanol–water partition coefficient (Wildman–Crippen LogP) is 30.9. The van der Waals surface area contributed by atoms with Crippen molar-refractivity contribution in [2.75, 3.05) is 0 Å². The second-order valence-electron chi connectivity index (χ2n) is 28.4. The van der Waals surface area contributed by atoms with Gasteiger partial charge in [-0.25, -0.2) is 4.70 Å². The van der Waals surface area contributed by atoms with E-state index in [9.17, 15) is 5.53 Å². The molecule has 3 rings (SSSR count). The topological polar surface area (TPSA) is 25.3 Å². The van der Waals surface area contributed by atoms with Crippen molar-refractivity contribution in [2.45, 2.75) is 446 Å². The van der Waals surface area contributed by atoms with Crippen molar-refractivity contribution in [3.63, 3.8) is 0 Å². The summed E-state index contributed by atoms with van der Waals surface area (Å²) in [5.74, 6) is 0. The van der Waals surface area contributed by atoms with Crippen molar-refractivity contribution in [2.24, 2.45) is 0 Å². The molecule has 0 N–H and O–H groups in total. The molecule has 0 saturated heterocycles. The molecule has 0 unspecified atom stereocenters. The van der Waals surface area contributed by atoms with Gasteiger partial charge < -0.3 is 5.53 Å². The van der Waals surface area contributed by atoms with Gasteiger partial charge in [-0.2, -0.15) is 0 Å². The zero-order valence-electron chi connectivity index (χ0n) is 61.2. The van der Waals surface area contributed by atoms with Gasteiger partial charge in [0.25, 0.3) is 0 Å². The Kier molecular flexibility index (Phi) is 54.9. The van der Waals surface area contributed by atoms with Crippen LogP contribution in [0.1, 0.15) is 438 Å². The first-order valence-electron chi connectivity index (χ1n) is 39.7. The summed E-state index contributed by atoms with van der Waals surface area (Å²) in [6.45, 7) is 22.3. The van der Waals surface area contributed by atoms with Crippen molar-refractivity contribution >= 4 is 11.4 Å². The standard InChI is InChI=1S/C35H50N2.2C25H51.Ni/c1-9-11-13-14-15-17-19-33-32(18-16-12-10-2)34(30-20-24(3)28(7)25(4)21-30)37(36)35(33)31-22-26(5)29(8)27(6)23-31;2*1-3-5-7-9-11-13-15-17-19-21-23-25-24-22-20-18-16-14-12-10-8-6-4-2;/h20-23H,9-19H2,1-8H3;2*1,3-25H2,2H3;. The maximum atomic E-state index is 11.9. The van der Waals surface area contributed by atoms with Gasteiger partial charge in [0.15, 0.2) is 0 Å². The molecule has 0 spiro atoms. The van der Waals surface area contributed by atoms with Crippen molar-refractivity contribution < 1.29 is 19.1 Å². The predicted molar refractivity (Wildman–Crippen MR) is 394 cm³/mol. The molecule has 0 fully saturated rings. The zero-order valence-corrected chi connectivity index (χ0v) is 62.2. The van der Waals surface area contributed by atoms with Gasteiger partial charge in [0.2, 0.25) is 11.4 Å². The summed E-state index contributed by atoms with van der Waals surface area (Å²) >= 11 is 2.05. The molecule has 0 aliphatic carbocycles. The van der Waals surface area contributed by atoms with E-state index in [0.717, 1.165) is 41.8 Å². The second kappa shape index (κ2) is 58.8. The molecule has 1 heterocycles. The molecule has 512 valence electrons. The van der Waals surface area contributed by atoms with Crippen LogP contribution < -0.4 is 0 Å². The Morgan fingerprint density at radius 3 is 0.636 bits per heavy atom. The third-order valence-electron chi connectivity index (χ3n) is 20.2. The van der Waals surface area contributed by atoms with Gasteiger partial charge in [0.1, 0.15) is 0 Å². The van der Waals surface area contributed by atoms with E-state index in [2.05, 4.69) is 108 Å². The number of rotatable bonds is 61. The monoisotopic (exact) mass is 1260 g/mol. The Bertz CT molecular complexity index is 1920. The van der Waals surface area contributed by atoms with Crippen LogP contribution in [-0.2, 0) is 14.4 Å². The fraction of sp³-hybridized carbons (Fsp3) is 0.812. The van der Waals surface area contributed by atoms with Crippen LogP contribution in [0.3, 0.4) is 0 Å². The molecule has 0 atom stereocenters. The van der Waals surface area contributed by atoms with Crippen LogP contribution in [0.4, 0.5) is 0 Å². The molecule has 0 radical (unpaired) electrons. The first kappa shape index (κ1) is 82.1. The summed E-state index contributed by atoms with van der Waals surface area (Å²) < 4.78 is 1.56. The summed E-state index contributed by atoms with van der Waals surface area (Å²) in [5.41, 5.74) is 26.8. The average Bonchev–Trinajstić information content (AvgIpc) is 2.59. The van der Waals surface area contributed by atoms with Gasteiger partial charge in [0, 0.05) is 22.3 Å². The molecule has 0 amide bonds. The van der Waals surface area contributed by atoms with E-state index in [4.69, 9.17) is 0 Å². The Labute approximate surface area is 558 Å². The smallest absolute Gasteiger partial charge is 0.0654 e. The number of hydrogen-bond acceptors (Lipinski definition) is 0. The van der Waals surface area contributed by atoms with Crippen LogP contribution in [0.15, 0.2) is 35.4 Å². The Morgan fingerprint density at radius 1 is 0.250 bits per heavy atom. The number of aryl methyl sites for hydroxylation is 4. The minimum Gasteiger partial charge on any atom is -0.0654 e. The third-order valence-corrected chi connectivity index (χ3v) is 21.6. The van der Waals surface area contributed by atoms with Crippen LogP contribution in [0.2, 0.25) is 10.8 Å². The van der Waals surface area contributed by atoms with Crippen LogP contribution in [-0.4, -0.2) is 4.70 Å². The quantitative estimate of drug-likeness (QED) is 0.0358. The molecule has 3 heteroatoms. The van der Waals surface area contributed by atoms with E-state index in [-0.39, 0.29) is 0 Å². The molecule has 0 saturated carbocycles. The van der Waals surface area contributed by atoms with E-state index < -0.39 is 0 Å². The van der Waals surface area contributed by atoms with Gasteiger partial charge in [-0.05, 0) is 125 Å². The molecular weight excluding hydrogens is 1110 g/mol. The van der Waals surface area contributed by atoms with E-state index in [1.165, 1.54) is 402 Å². The first-order valence-corrected chi connectivity index (χ1v) is 41.1. The third kappa shape index (κ3) is 40.9. The van der Waals surface area contributed by atoms with Gasteiger partial charge in [-0.3, -0.25) is 0 Å². The molecule has 1 aliphatic heterocycles. The summed E-state index contributed by atoms with van der Waals surface area (Å²) in [4.78, 5) is 0. The number of hydrogen-bond donors (Lipinski definition) is 0. The van der Waals surface area contributed by atoms with Crippen molar-refractivity contribution in [3.8, 4) is 0 Å². The van der Waals surface area contributed by atoms with Crippen molar-refractivity contribution in [1.82, 2.24) is 0 Å². The minimum atomic E-state index is 1.01. The van der Waals surface area contributed by atoms with Crippen molar-refractivity contribution in [3.05, 3.63) is 85.5 Å². The van der Waals surface area contributed by atoms with Crippen LogP contribution >= 0.6 is 0 Å². The SMILES string of the molecule is CCCCCCCCC1=C(c2cc(C)c(C)c(C)c2)[N+](=[N-])C(c2cc(C)c(C)c(C)c2)=C1CCCCC.CCCCCCCCCCCCCCCCCCCCCCCC[CH2][Ni][CH2]CCCCCCCCCCCCCCCCCCCCCCCC. The Balaban J connectivity index is 0.000000628. The summed E-state index contributed by atoms with van der Waals surface area (Å²) in [6, 6.07) is 9.11. The second-order valence-corrected chi connectivity index (χ2v) is 29.9. The van der Waals surface area contributed by atoms with E-state index in [1.54, 1.807) is 4.70 Å². The normalized spacial score (nSPS) is 12.6. The summed E-state index contributed by atoms with van der Waals surface area (Å²) in [7, 11) is 0. The summed E-state index contributed by atoms with van der Waals surface area (Å²) in [5, 5.41) is 2.87. The van der Waals surface area contributed by atoms with E-state index in [1.807, 2.05) is 0 Å². The van der Waals surface area contributed by atoms with E-state index in [0.29, 0.717) is 0 Å². The number of nitrogens with zero attached hydrogens (tertiary/aromatic N) is 2. The first-order chi connectivity index (χ1) is 43.1. The van der Waals surface area contributed by atoms with Crippen LogP contribution in [0, 0.1) is 41.5 Å². The maximum absolute atomic E-state index is 11.9. The molecular formula is C85H152N2Ni. The molecule has 0 bridgehead atoms. The average molecular weight is 1260 g/mol. The Hall–Kier alpha value is -1.99.